The van der Waals surface area contributed by atoms with E-state index in [0.717, 1.165) is 28.0 Å². The minimum atomic E-state index is -0.00519. The number of nitrogens with zero attached hydrogens (tertiary/aromatic N) is 5. The molecule has 32 heavy (non-hydrogen) atoms. The number of fused-ring (bicyclic) bond motifs is 1. The Balaban J connectivity index is 1.14. The molecule has 0 N–H and O–H groups in total. The predicted octanol–water partition coefficient (Wildman–Crippen LogP) is 3.42. The molecule has 0 spiro atoms. The number of aromatic nitrogens is 3. The average molecular weight is 425 g/mol. The Labute approximate surface area is 186 Å². The lowest BCUT2D eigenvalue weighted by Gasteiger charge is -2.35. The van der Waals surface area contributed by atoms with Gasteiger partial charge in [0.05, 0.1) is 5.69 Å². The number of carbonyl (C=O) groups is 1. The van der Waals surface area contributed by atoms with E-state index < -0.39 is 0 Å². The van der Waals surface area contributed by atoms with Crippen molar-refractivity contribution in [3.63, 3.8) is 0 Å². The van der Waals surface area contributed by atoms with Crippen LogP contribution >= 0.6 is 0 Å². The summed E-state index contributed by atoms with van der Waals surface area (Å²) >= 11 is 0. The van der Waals surface area contributed by atoms with Gasteiger partial charge >= 0.3 is 0 Å². The largest absolute Gasteiger partial charge is 0.484 e. The second kappa shape index (κ2) is 9.01. The van der Waals surface area contributed by atoms with Crippen LogP contribution < -0.4 is 9.64 Å². The van der Waals surface area contributed by atoms with Gasteiger partial charge in [-0.05, 0) is 47.2 Å². The fourth-order valence-corrected chi connectivity index (χ4v) is 3.82. The monoisotopic (exact) mass is 425 g/mol. The van der Waals surface area contributed by atoms with Gasteiger partial charge in [-0.25, -0.2) is 0 Å². The number of benzene rings is 2. The molecule has 1 fully saturated rings. The first kappa shape index (κ1) is 19.9. The van der Waals surface area contributed by atoms with Gasteiger partial charge in [0.2, 0.25) is 0 Å². The molecule has 0 aliphatic carbocycles. The second-order valence-corrected chi connectivity index (χ2v) is 7.66. The molecule has 1 amide bonds. The van der Waals surface area contributed by atoms with Crippen LogP contribution in [0.15, 0.2) is 79.0 Å². The highest BCUT2D eigenvalue weighted by molar-refractivity contribution is 5.84. The Kier molecular flexibility index (Phi) is 5.61. The van der Waals surface area contributed by atoms with Crippen molar-refractivity contribution in [2.45, 2.75) is 0 Å². The number of ether oxygens (including phenoxy) is 1. The van der Waals surface area contributed by atoms with Gasteiger partial charge in [-0.3, -0.25) is 9.78 Å². The molecule has 7 heteroatoms. The fraction of sp³-hybridized carbons (Fsp3) is 0.200. The number of anilines is 1. The summed E-state index contributed by atoms with van der Waals surface area (Å²) in [4.78, 5) is 20.9. The lowest BCUT2D eigenvalue weighted by molar-refractivity contribution is -0.133. The summed E-state index contributed by atoms with van der Waals surface area (Å²) in [5, 5.41) is 10.9. The minimum Gasteiger partial charge on any atom is -0.484 e. The van der Waals surface area contributed by atoms with Crippen LogP contribution in [0.5, 0.6) is 5.75 Å². The lowest BCUT2D eigenvalue weighted by atomic mass is 10.1. The quantitative estimate of drug-likeness (QED) is 0.488. The Morgan fingerprint density at radius 2 is 1.62 bits per heavy atom. The maximum absolute atomic E-state index is 12.6. The number of piperazine rings is 1. The molecule has 4 aromatic rings. The Morgan fingerprint density at radius 3 is 2.38 bits per heavy atom. The van der Waals surface area contributed by atoms with Crippen molar-refractivity contribution < 1.29 is 9.53 Å². The number of hydrogen-bond donors (Lipinski definition) is 0. The average Bonchev–Trinajstić information content (AvgIpc) is 2.88. The van der Waals surface area contributed by atoms with Crippen molar-refractivity contribution in [1.82, 2.24) is 20.1 Å². The zero-order valence-electron chi connectivity index (χ0n) is 17.6. The van der Waals surface area contributed by atoms with Crippen LogP contribution in [0.1, 0.15) is 0 Å². The van der Waals surface area contributed by atoms with Gasteiger partial charge in [0.15, 0.2) is 12.4 Å². The van der Waals surface area contributed by atoms with Crippen molar-refractivity contribution in [2.75, 3.05) is 37.7 Å². The van der Waals surface area contributed by atoms with Crippen LogP contribution in [-0.2, 0) is 4.79 Å². The third-order valence-corrected chi connectivity index (χ3v) is 5.62. The van der Waals surface area contributed by atoms with E-state index in [-0.39, 0.29) is 12.5 Å². The van der Waals surface area contributed by atoms with Crippen LogP contribution in [0.3, 0.4) is 0 Å². The molecule has 2 aromatic carbocycles. The molecule has 0 bridgehead atoms. The SMILES string of the molecule is O=C(COc1ccc2ccccc2c1)N1CCN(c2ccc(-c3ccccn3)nn2)CC1. The topological polar surface area (TPSA) is 71.5 Å². The van der Waals surface area contributed by atoms with E-state index in [2.05, 4.69) is 26.1 Å². The minimum absolute atomic E-state index is 0.00519. The van der Waals surface area contributed by atoms with E-state index >= 15 is 0 Å². The maximum Gasteiger partial charge on any atom is 0.260 e. The third-order valence-electron chi connectivity index (χ3n) is 5.62. The molecule has 0 radical (unpaired) electrons. The molecule has 2 aromatic heterocycles. The molecule has 160 valence electrons. The van der Waals surface area contributed by atoms with Gasteiger partial charge in [0.25, 0.3) is 5.91 Å². The van der Waals surface area contributed by atoms with E-state index in [4.69, 9.17) is 4.74 Å². The van der Waals surface area contributed by atoms with Crippen LogP contribution in [0.4, 0.5) is 5.82 Å². The lowest BCUT2D eigenvalue weighted by Crippen LogP contribution is -2.50. The summed E-state index contributed by atoms with van der Waals surface area (Å²) in [5.41, 5.74) is 1.54. The summed E-state index contributed by atoms with van der Waals surface area (Å²) in [6, 6.07) is 23.6. The zero-order valence-corrected chi connectivity index (χ0v) is 17.6. The van der Waals surface area contributed by atoms with Gasteiger partial charge in [0, 0.05) is 32.4 Å². The van der Waals surface area contributed by atoms with Crippen molar-refractivity contribution in [3.8, 4) is 17.1 Å². The molecule has 0 atom stereocenters. The van der Waals surface area contributed by atoms with Crippen molar-refractivity contribution in [2.24, 2.45) is 0 Å². The van der Waals surface area contributed by atoms with E-state index in [9.17, 15) is 4.79 Å². The van der Waals surface area contributed by atoms with Gasteiger partial charge in [-0.1, -0.05) is 36.4 Å². The molecule has 1 aliphatic rings. The number of pyridine rings is 1. The molecular formula is C25H23N5O2. The number of amides is 1. The number of hydrogen-bond acceptors (Lipinski definition) is 6. The molecule has 0 saturated carbocycles. The molecule has 1 saturated heterocycles. The summed E-state index contributed by atoms with van der Waals surface area (Å²) < 4.78 is 5.76. The van der Waals surface area contributed by atoms with Crippen molar-refractivity contribution in [1.29, 1.82) is 0 Å². The second-order valence-electron chi connectivity index (χ2n) is 7.66. The summed E-state index contributed by atoms with van der Waals surface area (Å²) in [5.74, 6) is 1.51. The smallest absolute Gasteiger partial charge is 0.260 e. The molecule has 0 unspecified atom stereocenters. The Morgan fingerprint density at radius 1 is 0.812 bits per heavy atom. The highest BCUT2D eigenvalue weighted by Gasteiger charge is 2.22. The van der Waals surface area contributed by atoms with Crippen LogP contribution in [0.25, 0.3) is 22.2 Å². The summed E-state index contributed by atoms with van der Waals surface area (Å²) in [6.07, 6.45) is 1.74. The van der Waals surface area contributed by atoms with Crippen LogP contribution in [0.2, 0.25) is 0 Å². The number of carbonyl (C=O) groups excluding carboxylic acids is 1. The van der Waals surface area contributed by atoms with Crippen molar-refractivity contribution in [3.05, 3.63) is 79.0 Å². The van der Waals surface area contributed by atoms with Gasteiger partial charge in [-0.15, -0.1) is 10.2 Å². The Bertz CT molecular complexity index is 1210. The highest BCUT2D eigenvalue weighted by atomic mass is 16.5. The predicted molar refractivity (Wildman–Crippen MR) is 123 cm³/mol. The normalized spacial score (nSPS) is 13.9. The fourth-order valence-electron chi connectivity index (χ4n) is 3.82. The standard InChI is InChI=1S/C25H23N5O2/c31-25(18-32-21-9-8-19-5-1-2-6-20(19)17-21)30-15-13-29(14-16-30)24-11-10-23(27-28-24)22-7-3-4-12-26-22/h1-12,17H,13-16,18H2. The molecule has 7 nitrogen and oxygen atoms in total. The zero-order chi connectivity index (χ0) is 21.8. The van der Waals surface area contributed by atoms with Gasteiger partial charge in [0.1, 0.15) is 11.4 Å². The van der Waals surface area contributed by atoms with E-state index in [1.807, 2.05) is 71.6 Å². The van der Waals surface area contributed by atoms with E-state index in [1.54, 1.807) is 6.20 Å². The first-order chi connectivity index (χ1) is 15.8. The highest BCUT2D eigenvalue weighted by Crippen LogP contribution is 2.21. The third kappa shape index (κ3) is 4.37. The Hall–Kier alpha value is -4.00. The van der Waals surface area contributed by atoms with Crippen LogP contribution in [-0.4, -0.2) is 58.8 Å². The van der Waals surface area contributed by atoms with Gasteiger partial charge in [-0.2, -0.15) is 0 Å². The van der Waals surface area contributed by atoms with Crippen molar-refractivity contribution >= 4 is 22.5 Å². The maximum atomic E-state index is 12.6. The van der Waals surface area contributed by atoms with E-state index in [1.165, 1.54) is 0 Å². The summed E-state index contributed by atoms with van der Waals surface area (Å²) in [6.45, 7) is 2.71. The van der Waals surface area contributed by atoms with Crippen LogP contribution in [0, 0.1) is 0 Å². The first-order valence-electron chi connectivity index (χ1n) is 10.7. The molecule has 5 rings (SSSR count). The molecule has 3 heterocycles. The molecular weight excluding hydrogens is 402 g/mol. The number of rotatable bonds is 5. The summed E-state index contributed by atoms with van der Waals surface area (Å²) in [7, 11) is 0. The van der Waals surface area contributed by atoms with E-state index in [0.29, 0.717) is 31.9 Å². The van der Waals surface area contributed by atoms with Gasteiger partial charge < -0.3 is 14.5 Å². The molecule has 1 aliphatic heterocycles. The first-order valence-corrected chi connectivity index (χ1v) is 10.7.